The summed E-state index contributed by atoms with van der Waals surface area (Å²) in [5.74, 6) is 1.23. The predicted molar refractivity (Wildman–Crippen MR) is 71.0 cm³/mol. The van der Waals surface area contributed by atoms with Crippen LogP contribution < -0.4 is 15.2 Å². The van der Waals surface area contributed by atoms with E-state index in [0.717, 1.165) is 11.3 Å². The van der Waals surface area contributed by atoms with Gasteiger partial charge in [-0.2, -0.15) is 0 Å². The second kappa shape index (κ2) is 4.80. The summed E-state index contributed by atoms with van der Waals surface area (Å²) in [5.41, 5.74) is 7.16. The molecule has 2 aromatic rings. The fourth-order valence-corrected chi connectivity index (χ4v) is 2.21. The molecule has 0 amide bonds. The topological polar surface area (TPSA) is 44.5 Å². The molecule has 1 heterocycles. The summed E-state index contributed by atoms with van der Waals surface area (Å²) in [4.78, 5) is 0. The molecule has 1 unspecified atom stereocenters. The third-order valence-electron chi connectivity index (χ3n) is 3.21. The van der Waals surface area contributed by atoms with Gasteiger partial charge in [0.05, 0.1) is 24.8 Å². The van der Waals surface area contributed by atoms with Crippen molar-refractivity contribution in [2.24, 2.45) is 0 Å². The van der Waals surface area contributed by atoms with Crippen LogP contribution in [0.25, 0.3) is 0 Å². The Bertz CT molecular complexity index is 600. The first-order chi connectivity index (χ1) is 9.24. The lowest BCUT2D eigenvalue weighted by Crippen LogP contribution is -2.12. The van der Waals surface area contributed by atoms with E-state index in [4.69, 9.17) is 15.2 Å². The number of ether oxygens (including phenoxy) is 2. The van der Waals surface area contributed by atoms with Gasteiger partial charge in [-0.15, -0.1) is 0 Å². The fourth-order valence-electron chi connectivity index (χ4n) is 2.21. The monoisotopic (exact) mass is 259 g/mol. The number of anilines is 1. The molecule has 2 aromatic carbocycles. The standard InChI is InChI=1S/C15H14FNO2/c16-11-5-6-15(13(17)7-11)19-9-10-8-18-14-4-2-1-3-12(10)14/h1-7,10H,8-9,17H2. The minimum atomic E-state index is -0.362. The Balaban J connectivity index is 1.71. The summed E-state index contributed by atoms with van der Waals surface area (Å²) >= 11 is 0. The molecule has 0 aliphatic carbocycles. The summed E-state index contributed by atoms with van der Waals surface area (Å²) in [5, 5.41) is 0. The molecule has 0 saturated carbocycles. The van der Waals surface area contributed by atoms with E-state index >= 15 is 0 Å². The van der Waals surface area contributed by atoms with Gasteiger partial charge in [-0.3, -0.25) is 0 Å². The number of para-hydroxylation sites is 1. The van der Waals surface area contributed by atoms with E-state index in [2.05, 4.69) is 0 Å². The molecule has 98 valence electrons. The predicted octanol–water partition coefficient (Wildman–Crippen LogP) is 2.96. The molecule has 19 heavy (non-hydrogen) atoms. The Hall–Kier alpha value is -2.23. The van der Waals surface area contributed by atoms with E-state index in [1.165, 1.54) is 12.1 Å². The maximum atomic E-state index is 12.9. The van der Waals surface area contributed by atoms with E-state index in [1.807, 2.05) is 24.3 Å². The Morgan fingerprint density at radius 3 is 2.95 bits per heavy atom. The Morgan fingerprint density at radius 1 is 1.26 bits per heavy atom. The number of hydrogen-bond donors (Lipinski definition) is 1. The Morgan fingerprint density at radius 2 is 2.11 bits per heavy atom. The van der Waals surface area contributed by atoms with Crippen LogP contribution >= 0.6 is 0 Å². The van der Waals surface area contributed by atoms with Gasteiger partial charge >= 0.3 is 0 Å². The third-order valence-corrected chi connectivity index (χ3v) is 3.21. The van der Waals surface area contributed by atoms with E-state index in [1.54, 1.807) is 6.07 Å². The van der Waals surface area contributed by atoms with Crippen LogP contribution in [0.1, 0.15) is 11.5 Å². The van der Waals surface area contributed by atoms with Gasteiger partial charge in [0.2, 0.25) is 0 Å². The maximum Gasteiger partial charge on any atom is 0.142 e. The molecule has 0 radical (unpaired) electrons. The Labute approximate surface area is 110 Å². The number of nitrogen functional groups attached to an aromatic ring is 1. The van der Waals surface area contributed by atoms with E-state index in [0.29, 0.717) is 24.7 Å². The number of halogens is 1. The van der Waals surface area contributed by atoms with Crippen molar-refractivity contribution in [3.05, 3.63) is 53.8 Å². The zero-order valence-electron chi connectivity index (χ0n) is 10.3. The highest BCUT2D eigenvalue weighted by molar-refractivity contribution is 5.52. The van der Waals surface area contributed by atoms with E-state index in [9.17, 15) is 4.39 Å². The summed E-state index contributed by atoms with van der Waals surface area (Å²) in [6.07, 6.45) is 0. The third kappa shape index (κ3) is 2.34. The number of hydrogen-bond acceptors (Lipinski definition) is 3. The lowest BCUT2D eigenvalue weighted by atomic mass is 10.0. The first-order valence-electron chi connectivity index (χ1n) is 6.13. The molecule has 2 N–H and O–H groups in total. The molecule has 3 nitrogen and oxygen atoms in total. The zero-order chi connectivity index (χ0) is 13.2. The maximum absolute atomic E-state index is 12.9. The van der Waals surface area contributed by atoms with Crippen molar-refractivity contribution in [2.45, 2.75) is 5.92 Å². The van der Waals surface area contributed by atoms with Crippen molar-refractivity contribution < 1.29 is 13.9 Å². The van der Waals surface area contributed by atoms with Crippen molar-refractivity contribution in [1.29, 1.82) is 0 Å². The molecule has 0 spiro atoms. The smallest absolute Gasteiger partial charge is 0.142 e. The summed E-state index contributed by atoms with van der Waals surface area (Å²) in [7, 11) is 0. The quantitative estimate of drug-likeness (QED) is 0.862. The van der Waals surface area contributed by atoms with Crippen molar-refractivity contribution in [2.75, 3.05) is 18.9 Å². The van der Waals surface area contributed by atoms with Gasteiger partial charge in [-0.1, -0.05) is 18.2 Å². The van der Waals surface area contributed by atoms with Crippen LogP contribution in [-0.4, -0.2) is 13.2 Å². The molecule has 1 aliphatic rings. The number of benzene rings is 2. The number of rotatable bonds is 3. The molecular formula is C15H14FNO2. The van der Waals surface area contributed by atoms with Gasteiger partial charge in [0.15, 0.2) is 0 Å². The fraction of sp³-hybridized carbons (Fsp3) is 0.200. The highest BCUT2D eigenvalue weighted by Gasteiger charge is 2.24. The first kappa shape index (κ1) is 11.8. The van der Waals surface area contributed by atoms with E-state index < -0.39 is 0 Å². The van der Waals surface area contributed by atoms with Gasteiger partial charge in [-0.25, -0.2) is 4.39 Å². The van der Waals surface area contributed by atoms with Crippen LogP contribution in [0.15, 0.2) is 42.5 Å². The molecular weight excluding hydrogens is 245 g/mol. The van der Waals surface area contributed by atoms with Gasteiger partial charge in [0.25, 0.3) is 0 Å². The van der Waals surface area contributed by atoms with Gasteiger partial charge in [0, 0.05) is 11.6 Å². The molecule has 4 heteroatoms. The van der Waals surface area contributed by atoms with Gasteiger partial charge in [0.1, 0.15) is 17.3 Å². The average Bonchev–Trinajstić information content (AvgIpc) is 2.81. The zero-order valence-corrected chi connectivity index (χ0v) is 10.3. The van der Waals surface area contributed by atoms with Crippen molar-refractivity contribution in [1.82, 2.24) is 0 Å². The highest BCUT2D eigenvalue weighted by Crippen LogP contribution is 2.34. The lowest BCUT2D eigenvalue weighted by Gasteiger charge is -2.12. The lowest BCUT2D eigenvalue weighted by molar-refractivity contribution is 0.249. The van der Waals surface area contributed by atoms with Crippen LogP contribution in [0.4, 0.5) is 10.1 Å². The van der Waals surface area contributed by atoms with Crippen LogP contribution in [0.3, 0.4) is 0 Å². The summed E-state index contributed by atoms with van der Waals surface area (Å²) in [6, 6.07) is 12.0. The molecule has 3 rings (SSSR count). The van der Waals surface area contributed by atoms with Crippen molar-refractivity contribution >= 4 is 5.69 Å². The van der Waals surface area contributed by atoms with Crippen LogP contribution in [0.2, 0.25) is 0 Å². The van der Waals surface area contributed by atoms with Crippen molar-refractivity contribution in [3.8, 4) is 11.5 Å². The van der Waals surface area contributed by atoms with Gasteiger partial charge in [-0.05, 0) is 18.2 Å². The number of nitrogens with two attached hydrogens (primary N) is 1. The second-order valence-electron chi connectivity index (χ2n) is 4.54. The van der Waals surface area contributed by atoms with Crippen LogP contribution in [0, 0.1) is 5.82 Å². The Kier molecular flexibility index (Phi) is 2.99. The second-order valence-corrected chi connectivity index (χ2v) is 4.54. The SMILES string of the molecule is Nc1cc(F)ccc1OCC1COc2ccccc21. The normalized spacial score (nSPS) is 16.8. The summed E-state index contributed by atoms with van der Waals surface area (Å²) in [6.45, 7) is 1.06. The van der Waals surface area contributed by atoms with Crippen molar-refractivity contribution in [3.63, 3.8) is 0 Å². The molecule has 1 atom stereocenters. The molecule has 0 saturated heterocycles. The molecule has 0 bridgehead atoms. The van der Waals surface area contributed by atoms with E-state index in [-0.39, 0.29) is 11.7 Å². The molecule has 1 aliphatic heterocycles. The molecule has 0 fully saturated rings. The minimum Gasteiger partial charge on any atom is -0.493 e. The van der Waals surface area contributed by atoms with Gasteiger partial charge < -0.3 is 15.2 Å². The molecule has 0 aromatic heterocycles. The van der Waals surface area contributed by atoms with Crippen LogP contribution in [-0.2, 0) is 0 Å². The largest absolute Gasteiger partial charge is 0.493 e. The van der Waals surface area contributed by atoms with Crippen LogP contribution in [0.5, 0.6) is 11.5 Å². The average molecular weight is 259 g/mol. The summed E-state index contributed by atoms with van der Waals surface area (Å²) < 4.78 is 24.2. The highest BCUT2D eigenvalue weighted by atomic mass is 19.1. The number of fused-ring (bicyclic) bond motifs is 1. The minimum absolute atomic E-state index is 0.181. The first-order valence-corrected chi connectivity index (χ1v) is 6.13.